The van der Waals surface area contributed by atoms with Gasteiger partial charge in [-0.25, -0.2) is 12.8 Å². The average Bonchev–Trinajstić information content (AvgIpc) is 2.79. The van der Waals surface area contributed by atoms with Crippen molar-refractivity contribution in [2.75, 3.05) is 17.4 Å². The summed E-state index contributed by atoms with van der Waals surface area (Å²) >= 11 is 0. The number of halogens is 1. The third-order valence-corrected chi connectivity index (χ3v) is 6.40. The standard InChI is InChI=1S/C22H20FN3O5S/c23-18-8-6-17(7-9-18)14-15-24-22(27)16-25(19-10-12-20(13-11-19)26(28)29)32(30,31)21-4-2-1-3-5-21/h1-13H,14-16H2,(H,24,27). The molecule has 0 aromatic heterocycles. The maximum atomic E-state index is 13.2. The number of hydrogen-bond acceptors (Lipinski definition) is 5. The molecular weight excluding hydrogens is 437 g/mol. The van der Waals surface area contributed by atoms with Crippen LogP contribution in [-0.2, 0) is 21.2 Å². The Balaban J connectivity index is 1.78. The van der Waals surface area contributed by atoms with E-state index in [9.17, 15) is 27.7 Å². The van der Waals surface area contributed by atoms with E-state index in [4.69, 9.17) is 0 Å². The number of carbonyl (C=O) groups excluding carboxylic acids is 1. The average molecular weight is 457 g/mol. The third-order valence-electron chi connectivity index (χ3n) is 4.62. The van der Waals surface area contributed by atoms with Gasteiger partial charge in [-0.05, 0) is 48.4 Å². The summed E-state index contributed by atoms with van der Waals surface area (Å²) in [6.45, 7) is -0.289. The lowest BCUT2D eigenvalue weighted by atomic mass is 10.1. The summed E-state index contributed by atoms with van der Waals surface area (Å²) in [5.74, 6) is -0.910. The van der Waals surface area contributed by atoms with E-state index in [-0.39, 0.29) is 28.6 Å². The first-order chi connectivity index (χ1) is 15.3. The number of amides is 1. The van der Waals surface area contributed by atoms with Gasteiger partial charge in [0.15, 0.2) is 0 Å². The Kier molecular flexibility index (Phi) is 7.16. The van der Waals surface area contributed by atoms with E-state index >= 15 is 0 Å². The topological polar surface area (TPSA) is 110 Å². The van der Waals surface area contributed by atoms with E-state index in [1.165, 1.54) is 48.5 Å². The van der Waals surface area contributed by atoms with Gasteiger partial charge >= 0.3 is 0 Å². The third kappa shape index (κ3) is 5.67. The van der Waals surface area contributed by atoms with Crippen LogP contribution in [-0.4, -0.2) is 32.3 Å². The summed E-state index contributed by atoms with van der Waals surface area (Å²) in [5.41, 5.74) is 0.735. The van der Waals surface area contributed by atoms with Crippen molar-refractivity contribution in [2.24, 2.45) is 0 Å². The molecule has 0 aliphatic heterocycles. The highest BCUT2D eigenvalue weighted by atomic mass is 32.2. The lowest BCUT2D eigenvalue weighted by molar-refractivity contribution is -0.384. The molecule has 0 radical (unpaired) electrons. The lowest BCUT2D eigenvalue weighted by Gasteiger charge is -2.24. The Morgan fingerprint density at radius 1 is 0.969 bits per heavy atom. The molecule has 3 aromatic carbocycles. The minimum atomic E-state index is -4.10. The zero-order valence-corrected chi connectivity index (χ0v) is 17.7. The van der Waals surface area contributed by atoms with Gasteiger partial charge < -0.3 is 5.32 Å². The van der Waals surface area contributed by atoms with Gasteiger partial charge in [-0.3, -0.25) is 19.2 Å². The maximum absolute atomic E-state index is 13.2. The Morgan fingerprint density at radius 3 is 2.19 bits per heavy atom. The van der Waals surface area contributed by atoms with Crippen LogP contribution < -0.4 is 9.62 Å². The van der Waals surface area contributed by atoms with Crippen LogP contribution in [0.3, 0.4) is 0 Å². The number of hydrogen-bond donors (Lipinski definition) is 1. The smallest absolute Gasteiger partial charge is 0.269 e. The van der Waals surface area contributed by atoms with Crippen LogP contribution in [0.25, 0.3) is 0 Å². The first kappa shape index (κ1) is 22.9. The molecule has 0 aliphatic carbocycles. The fourth-order valence-electron chi connectivity index (χ4n) is 2.96. The van der Waals surface area contributed by atoms with E-state index in [1.54, 1.807) is 30.3 Å². The number of rotatable bonds is 9. The summed E-state index contributed by atoms with van der Waals surface area (Å²) in [5, 5.41) is 13.6. The van der Waals surface area contributed by atoms with E-state index < -0.39 is 27.4 Å². The molecule has 0 fully saturated rings. The number of non-ortho nitro benzene ring substituents is 1. The molecular formula is C22H20FN3O5S. The van der Waals surface area contributed by atoms with Gasteiger partial charge in [0.25, 0.3) is 15.7 Å². The predicted octanol–water partition coefficient (Wildman–Crippen LogP) is 3.29. The minimum absolute atomic E-state index is 0.0162. The van der Waals surface area contributed by atoms with Crippen molar-refractivity contribution >= 4 is 27.3 Å². The second-order valence-electron chi connectivity index (χ2n) is 6.82. The van der Waals surface area contributed by atoms with Crippen LogP contribution in [0.15, 0.2) is 83.8 Å². The van der Waals surface area contributed by atoms with Crippen molar-refractivity contribution in [1.82, 2.24) is 5.32 Å². The molecule has 0 atom stereocenters. The first-order valence-corrected chi connectivity index (χ1v) is 11.0. The van der Waals surface area contributed by atoms with E-state index in [0.717, 1.165) is 9.87 Å². The quantitative estimate of drug-likeness (QED) is 0.392. The number of nitro benzene ring substituents is 1. The summed E-state index contributed by atoms with van der Waals surface area (Å²) in [6, 6.07) is 18.3. The zero-order chi connectivity index (χ0) is 23.1. The van der Waals surface area contributed by atoms with Crippen molar-refractivity contribution in [3.05, 3.63) is 100 Å². The molecule has 1 amide bonds. The fourth-order valence-corrected chi connectivity index (χ4v) is 4.40. The number of benzene rings is 3. The van der Waals surface area contributed by atoms with Crippen LogP contribution in [0, 0.1) is 15.9 Å². The number of nitro groups is 1. The SMILES string of the molecule is O=C(CN(c1ccc([N+](=O)[O-])cc1)S(=O)(=O)c1ccccc1)NCCc1ccc(F)cc1. The molecule has 10 heteroatoms. The highest BCUT2D eigenvalue weighted by Crippen LogP contribution is 2.25. The van der Waals surface area contributed by atoms with Crippen LogP contribution >= 0.6 is 0 Å². The molecule has 0 bridgehead atoms. The van der Waals surface area contributed by atoms with Gasteiger partial charge in [-0.2, -0.15) is 0 Å². The first-order valence-electron chi connectivity index (χ1n) is 9.61. The van der Waals surface area contributed by atoms with Gasteiger partial charge in [0.1, 0.15) is 12.4 Å². The second-order valence-corrected chi connectivity index (χ2v) is 8.69. The largest absolute Gasteiger partial charge is 0.354 e. The van der Waals surface area contributed by atoms with Gasteiger partial charge in [-0.1, -0.05) is 30.3 Å². The van der Waals surface area contributed by atoms with Crippen LogP contribution in [0.2, 0.25) is 0 Å². The number of nitrogens with zero attached hydrogens (tertiary/aromatic N) is 2. The number of nitrogens with one attached hydrogen (secondary N) is 1. The van der Waals surface area contributed by atoms with Crippen molar-refractivity contribution < 1.29 is 22.5 Å². The van der Waals surface area contributed by atoms with Gasteiger partial charge in [0.2, 0.25) is 5.91 Å². The predicted molar refractivity (Wildman–Crippen MR) is 117 cm³/mol. The normalized spacial score (nSPS) is 11.0. The molecule has 166 valence electrons. The summed E-state index contributed by atoms with van der Waals surface area (Å²) in [7, 11) is -4.10. The molecule has 0 unspecified atom stereocenters. The molecule has 8 nitrogen and oxygen atoms in total. The van der Waals surface area contributed by atoms with E-state index in [0.29, 0.717) is 6.42 Å². The Hall–Kier alpha value is -3.79. The highest BCUT2D eigenvalue weighted by molar-refractivity contribution is 7.92. The van der Waals surface area contributed by atoms with Gasteiger partial charge in [0.05, 0.1) is 15.5 Å². The molecule has 3 rings (SSSR count). The minimum Gasteiger partial charge on any atom is -0.354 e. The fraction of sp³-hybridized carbons (Fsp3) is 0.136. The Bertz CT molecular complexity index is 1180. The van der Waals surface area contributed by atoms with E-state index in [2.05, 4.69) is 5.32 Å². The molecule has 0 aliphatic rings. The number of sulfonamides is 1. The molecule has 1 N–H and O–H groups in total. The van der Waals surface area contributed by atoms with Crippen LogP contribution in [0.5, 0.6) is 0 Å². The Labute approximate surface area is 184 Å². The summed E-state index contributed by atoms with van der Waals surface area (Å²) in [6.07, 6.45) is 0.439. The highest BCUT2D eigenvalue weighted by Gasteiger charge is 2.27. The monoisotopic (exact) mass is 457 g/mol. The summed E-state index contributed by atoms with van der Waals surface area (Å²) in [4.78, 5) is 22.8. The molecule has 0 saturated carbocycles. The molecule has 0 heterocycles. The molecule has 0 spiro atoms. The zero-order valence-electron chi connectivity index (χ0n) is 16.8. The number of carbonyl (C=O) groups is 1. The van der Waals surface area contributed by atoms with Gasteiger partial charge in [-0.15, -0.1) is 0 Å². The van der Waals surface area contributed by atoms with E-state index in [1.807, 2.05) is 0 Å². The molecule has 3 aromatic rings. The van der Waals surface area contributed by atoms with Crippen molar-refractivity contribution in [3.8, 4) is 0 Å². The lowest BCUT2D eigenvalue weighted by Crippen LogP contribution is -2.41. The van der Waals surface area contributed by atoms with Crippen molar-refractivity contribution in [1.29, 1.82) is 0 Å². The van der Waals surface area contributed by atoms with Crippen molar-refractivity contribution in [2.45, 2.75) is 11.3 Å². The second kappa shape index (κ2) is 10.0. The van der Waals surface area contributed by atoms with Crippen LogP contribution in [0.4, 0.5) is 15.8 Å². The summed E-state index contributed by atoms with van der Waals surface area (Å²) < 4.78 is 40.3. The maximum Gasteiger partial charge on any atom is 0.269 e. The Morgan fingerprint density at radius 2 is 1.59 bits per heavy atom. The van der Waals surface area contributed by atoms with Gasteiger partial charge in [0, 0.05) is 18.7 Å². The number of anilines is 1. The van der Waals surface area contributed by atoms with Crippen molar-refractivity contribution in [3.63, 3.8) is 0 Å². The molecule has 32 heavy (non-hydrogen) atoms. The van der Waals surface area contributed by atoms with Crippen LogP contribution in [0.1, 0.15) is 5.56 Å². The molecule has 0 saturated heterocycles.